The number of nitrogens with one attached hydrogen (secondary N) is 1. The van der Waals surface area contributed by atoms with Crippen LogP contribution < -0.4 is 10.2 Å². The van der Waals surface area contributed by atoms with Crippen LogP contribution >= 0.6 is 23.1 Å². The molecule has 0 radical (unpaired) electrons. The molecule has 28 heavy (non-hydrogen) atoms. The smallest absolute Gasteiger partial charge is 0.251 e. The predicted molar refractivity (Wildman–Crippen MR) is 108 cm³/mol. The number of amides is 2. The summed E-state index contributed by atoms with van der Waals surface area (Å²) in [5.74, 6) is -0.289. The van der Waals surface area contributed by atoms with Crippen molar-refractivity contribution in [3.63, 3.8) is 0 Å². The minimum atomic E-state index is -0.605. The molecule has 0 bridgehead atoms. The maximum absolute atomic E-state index is 12.8. The molecule has 1 fully saturated rings. The van der Waals surface area contributed by atoms with E-state index in [0.29, 0.717) is 56.3 Å². The van der Waals surface area contributed by atoms with E-state index in [0.717, 1.165) is 11.5 Å². The number of halogens is 1. The second-order valence-corrected chi connectivity index (χ2v) is 7.38. The van der Waals surface area contributed by atoms with Crippen LogP contribution in [0.25, 0.3) is 0 Å². The topological polar surface area (TPSA) is 98.6 Å². The molecule has 2 heterocycles. The molecule has 0 aromatic carbocycles. The predicted octanol–water partition coefficient (Wildman–Crippen LogP) is 1.80. The molecule has 1 aromatic rings. The Morgan fingerprint density at radius 2 is 2.29 bits per heavy atom. The monoisotopic (exact) mass is 425 g/mol. The molecule has 1 saturated heterocycles. The van der Waals surface area contributed by atoms with Crippen molar-refractivity contribution < 1.29 is 14.3 Å². The fourth-order valence-corrected chi connectivity index (χ4v) is 3.85. The number of rotatable bonds is 6. The third kappa shape index (κ3) is 5.92. The second kappa shape index (κ2) is 11.0. The van der Waals surface area contributed by atoms with Crippen LogP contribution in [0.1, 0.15) is 25.3 Å². The van der Waals surface area contributed by atoms with E-state index in [-0.39, 0.29) is 23.4 Å². The summed E-state index contributed by atoms with van der Waals surface area (Å²) in [6.07, 6.45) is 2.03. The Morgan fingerprint density at radius 3 is 3.00 bits per heavy atom. The molecule has 1 atom stereocenters. The summed E-state index contributed by atoms with van der Waals surface area (Å²) in [7, 11) is 0. The molecular formula is C18H24ClN5O3S. The third-order valence-corrected chi connectivity index (χ3v) is 5.62. The maximum atomic E-state index is 12.8. The molecule has 1 aromatic heterocycles. The molecule has 0 saturated carbocycles. The lowest BCUT2D eigenvalue weighted by Crippen LogP contribution is -2.47. The Morgan fingerprint density at radius 1 is 1.50 bits per heavy atom. The Bertz CT molecular complexity index is 748. The molecule has 1 unspecified atom stereocenters. The molecule has 1 aliphatic rings. The van der Waals surface area contributed by atoms with Gasteiger partial charge in [-0.05, 0) is 24.9 Å². The summed E-state index contributed by atoms with van der Waals surface area (Å²) in [5.41, 5.74) is 0.314. The van der Waals surface area contributed by atoms with Crippen molar-refractivity contribution in [1.29, 1.82) is 5.26 Å². The fourth-order valence-electron chi connectivity index (χ4n) is 2.77. The van der Waals surface area contributed by atoms with Crippen LogP contribution in [0.4, 0.5) is 5.00 Å². The number of nitrogens with zero attached hydrogens (tertiary/aromatic N) is 4. The molecule has 2 rings (SSSR count). The first kappa shape index (κ1) is 22.1. The van der Waals surface area contributed by atoms with E-state index >= 15 is 0 Å². The quantitative estimate of drug-likeness (QED) is 0.551. The highest BCUT2D eigenvalue weighted by molar-refractivity contribution is 7.10. The van der Waals surface area contributed by atoms with Crippen molar-refractivity contribution in [1.82, 2.24) is 14.6 Å². The summed E-state index contributed by atoms with van der Waals surface area (Å²) in [6.45, 7) is 7.90. The van der Waals surface area contributed by atoms with Gasteiger partial charge in [0.05, 0.1) is 6.61 Å². The fraction of sp³-hybridized carbons (Fsp3) is 0.556. The summed E-state index contributed by atoms with van der Waals surface area (Å²) in [5, 5.41) is 13.0. The Kier molecular flexibility index (Phi) is 8.70. The van der Waals surface area contributed by atoms with Gasteiger partial charge in [-0.2, -0.15) is 9.64 Å². The van der Waals surface area contributed by atoms with Gasteiger partial charge >= 0.3 is 0 Å². The largest absolute Gasteiger partial charge is 0.368 e. The van der Waals surface area contributed by atoms with Crippen LogP contribution in [0.2, 0.25) is 5.15 Å². The van der Waals surface area contributed by atoms with Gasteiger partial charge in [0.2, 0.25) is 5.91 Å². The highest BCUT2D eigenvalue weighted by atomic mass is 35.5. The van der Waals surface area contributed by atoms with E-state index in [4.69, 9.17) is 16.3 Å². The third-order valence-electron chi connectivity index (χ3n) is 4.33. The van der Waals surface area contributed by atoms with Gasteiger partial charge in [0.1, 0.15) is 22.7 Å². The van der Waals surface area contributed by atoms with Crippen molar-refractivity contribution in [2.24, 2.45) is 0 Å². The van der Waals surface area contributed by atoms with Crippen LogP contribution in [-0.2, 0) is 14.3 Å². The summed E-state index contributed by atoms with van der Waals surface area (Å²) in [4.78, 5) is 28.4. The Hall–Kier alpha value is -2.15. The average molecular weight is 426 g/mol. The minimum absolute atomic E-state index is 0.122. The van der Waals surface area contributed by atoms with Gasteiger partial charge < -0.3 is 19.9 Å². The standard InChI is InChI=1S/C18H24ClN5O3S/c1-3-4-11-27-13(2)17(26)23-7-5-15(25)21-6-8-24(10-9-23)18-14(12-20)16(19)22-28-18/h3,13H,1,4-11H2,2H3,(H,21,25). The summed E-state index contributed by atoms with van der Waals surface area (Å²) < 4.78 is 9.60. The van der Waals surface area contributed by atoms with Crippen molar-refractivity contribution >= 4 is 39.9 Å². The van der Waals surface area contributed by atoms with Crippen molar-refractivity contribution in [3.05, 3.63) is 23.4 Å². The van der Waals surface area contributed by atoms with Crippen LogP contribution in [-0.4, -0.2) is 66.5 Å². The van der Waals surface area contributed by atoms with Crippen LogP contribution in [0.15, 0.2) is 12.7 Å². The van der Waals surface area contributed by atoms with Gasteiger partial charge in [-0.1, -0.05) is 17.7 Å². The molecule has 1 aliphatic heterocycles. The molecule has 0 spiro atoms. The molecule has 0 aliphatic carbocycles. The number of hydrogen-bond donors (Lipinski definition) is 1. The lowest BCUT2D eigenvalue weighted by molar-refractivity contribution is -0.142. The number of aromatic nitrogens is 1. The van der Waals surface area contributed by atoms with Gasteiger partial charge in [-0.15, -0.1) is 6.58 Å². The first-order valence-corrected chi connectivity index (χ1v) is 10.2. The lowest BCUT2D eigenvalue weighted by atomic mass is 10.2. The van der Waals surface area contributed by atoms with E-state index in [2.05, 4.69) is 22.3 Å². The Labute approximate surface area is 173 Å². The SMILES string of the molecule is C=CCCOC(C)C(=O)N1CCC(=O)NCCN(c2snc(Cl)c2C#N)CC1. The number of carbonyl (C=O) groups is 2. The normalized spacial score (nSPS) is 16.8. The molecule has 8 nitrogen and oxygen atoms in total. The van der Waals surface area contributed by atoms with Crippen LogP contribution in [0, 0.1) is 11.3 Å². The second-order valence-electron chi connectivity index (χ2n) is 6.27. The molecular weight excluding hydrogens is 402 g/mol. The number of nitriles is 1. The minimum Gasteiger partial charge on any atom is -0.368 e. The van der Waals surface area contributed by atoms with Gasteiger partial charge in [-0.25, -0.2) is 0 Å². The van der Waals surface area contributed by atoms with E-state index in [1.165, 1.54) is 0 Å². The van der Waals surface area contributed by atoms with E-state index < -0.39 is 6.10 Å². The summed E-state index contributed by atoms with van der Waals surface area (Å²) in [6, 6.07) is 2.07. The van der Waals surface area contributed by atoms with E-state index in [9.17, 15) is 14.9 Å². The number of hydrogen-bond acceptors (Lipinski definition) is 7. The Balaban J connectivity index is 2.12. The molecule has 1 N–H and O–H groups in total. The van der Waals surface area contributed by atoms with E-state index in [1.54, 1.807) is 17.9 Å². The number of anilines is 1. The van der Waals surface area contributed by atoms with Crippen LogP contribution in [0.5, 0.6) is 0 Å². The van der Waals surface area contributed by atoms with Gasteiger partial charge in [0, 0.05) is 39.1 Å². The molecule has 152 valence electrons. The highest BCUT2D eigenvalue weighted by Crippen LogP contribution is 2.31. The lowest BCUT2D eigenvalue weighted by Gasteiger charge is -2.31. The van der Waals surface area contributed by atoms with Gasteiger partial charge in [0.15, 0.2) is 5.15 Å². The van der Waals surface area contributed by atoms with Crippen molar-refractivity contribution in [2.75, 3.05) is 44.2 Å². The molecule has 2 amide bonds. The molecule has 10 heteroatoms. The average Bonchev–Trinajstić information content (AvgIpc) is 3.06. The first-order chi connectivity index (χ1) is 13.5. The van der Waals surface area contributed by atoms with E-state index in [1.807, 2.05) is 4.90 Å². The van der Waals surface area contributed by atoms with Crippen LogP contribution in [0.3, 0.4) is 0 Å². The first-order valence-electron chi connectivity index (χ1n) is 9.06. The zero-order valence-corrected chi connectivity index (χ0v) is 17.4. The maximum Gasteiger partial charge on any atom is 0.251 e. The van der Waals surface area contributed by atoms with Crippen molar-refractivity contribution in [2.45, 2.75) is 25.9 Å². The van der Waals surface area contributed by atoms with Crippen molar-refractivity contribution in [3.8, 4) is 6.07 Å². The van der Waals surface area contributed by atoms with Gasteiger partial charge in [-0.3, -0.25) is 9.59 Å². The van der Waals surface area contributed by atoms with Gasteiger partial charge in [0.25, 0.3) is 5.91 Å². The zero-order chi connectivity index (χ0) is 20.5. The number of ether oxygens (including phenoxy) is 1. The highest BCUT2D eigenvalue weighted by Gasteiger charge is 2.25. The number of carbonyl (C=O) groups excluding carboxylic acids is 2. The zero-order valence-electron chi connectivity index (χ0n) is 15.8. The summed E-state index contributed by atoms with van der Waals surface area (Å²) >= 11 is 7.13.